The van der Waals surface area contributed by atoms with Gasteiger partial charge < -0.3 is 5.73 Å². The summed E-state index contributed by atoms with van der Waals surface area (Å²) in [6.07, 6.45) is -5.29. The van der Waals surface area contributed by atoms with E-state index in [1.54, 1.807) is 0 Å². The lowest BCUT2D eigenvalue weighted by Gasteiger charge is -2.14. The summed E-state index contributed by atoms with van der Waals surface area (Å²) < 4.78 is 35.9. The molecule has 1 nitrogen and oxygen atoms in total. The zero-order valence-electron chi connectivity index (χ0n) is 8.60. The van der Waals surface area contributed by atoms with E-state index in [4.69, 9.17) is 28.9 Å². The van der Waals surface area contributed by atoms with E-state index in [9.17, 15) is 13.2 Å². The van der Waals surface area contributed by atoms with Gasteiger partial charge in [-0.1, -0.05) is 23.2 Å². The highest BCUT2D eigenvalue weighted by atomic mass is 35.5. The third-order valence-electron chi connectivity index (χ3n) is 2.05. The van der Waals surface area contributed by atoms with Gasteiger partial charge in [0.1, 0.15) is 0 Å². The summed E-state index contributed by atoms with van der Waals surface area (Å²) >= 11 is 11.4. The summed E-state index contributed by atoms with van der Waals surface area (Å²) in [6.45, 7) is 0. The molecule has 1 aromatic rings. The van der Waals surface area contributed by atoms with E-state index in [1.165, 1.54) is 18.2 Å². The summed E-state index contributed by atoms with van der Waals surface area (Å²) in [5, 5.41) is 0.731. The van der Waals surface area contributed by atoms with Gasteiger partial charge in [-0.05, 0) is 30.2 Å². The summed E-state index contributed by atoms with van der Waals surface area (Å²) in [7, 11) is 0. The van der Waals surface area contributed by atoms with Gasteiger partial charge in [0, 0.05) is 22.5 Å². The third kappa shape index (κ3) is 6.36. The van der Waals surface area contributed by atoms with Gasteiger partial charge in [-0.3, -0.25) is 0 Å². The highest BCUT2D eigenvalue weighted by Gasteiger charge is 2.27. The van der Waals surface area contributed by atoms with Crippen molar-refractivity contribution in [3.05, 3.63) is 33.8 Å². The average Bonchev–Trinajstić information content (AvgIpc) is 2.11. The predicted molar refractivity (Wildman–Crippen MR) is 65.9 cm³/mol. The fraction of sp³-hybridized carbons (Fsp3) is 0.400. The molecule has 1 atom stereocenters. The molecular formula is C10H11Cl3F3N. The number of halogens is 6. The molecule has 0 amide bonds. The van der Waals surface area contributed by atoms with E-state index in [1.807, 2.05) is 0 Å². The summed E-state index contributed by atoms with van der Waals surface area (Å²) in [6, 6.07) is 3.84. The molecule has 0 saturated heterocycles. The Morgan fingerprint density at radius 3 is 2.00 bits per heavy atom. The molecular weight excluding hydrogens is 297 g/mol. The molecule has 0 unspecified atom stereocenters. The first-order valence-electron chi connectivity index (χ1n) is 4.56. The topological polar surface area (TPSA) is 26.0 Å². The van der Waals surface area contributed by atoms with Crippen LogP contribution in [-0.4, -0.2) is 6.18 Å². The highest BCUT2D eigenvalue weighted by Crippen LogP contribution is 2.28. The molecule has 0 aliphatic carbocycles. The Morgan fingerprint density at radius 1 is 1.12 bits per heavy atom. The second kappa shape index (κ2) is 6.69. The van der Waals surface area contributed by atoms with Gasteiger partial charge in [-0.25, -0.2) is 0 Å². The summed E-state index contributed by atoms with van der Waals surface area (Å²) in [4.78, 5) is 0. The van der Waals surface area contributed by atoms with E-state index >= 15 is 0 Å². The van der Waals surface area contributed by atoms with Crippen LogP contribution in [0, 0.1) is 0 Å². The zero-order chi connectivity index (χ0) is 12.3. The summed E-state index contributed by atoms with van der Waals surface area (Å²) in [5.41, 5.74) is 6.14. The van der Waals surface area contributed by atoms with Crippen LogP contribution >= 0.6 is 35.6 Å². The maximum atomic E-state index is 12.0. The lowest BCUT2D eigenvalue weighted by Crippen LogP contribution is -2.15. The minimum absolute atomic E-state index is 0. The van der Waals surface area contributed by atoms with Crippen molar-refractivity contribution in [1.29, 1.82) is 0 Å². The highest BCUT2D eigenvalue weighted by molar-refractivity contribution is 6.34. The summed E-state index contributed by atoms with van der Waals surface area (Å²) in [5.74, 6) is 0. The molecule has 1 aromatic carbocycles. The Bertz CT molecular complexity index is 348. The van der Waals surface area contributed by atoms with Gasteiger partial charge in [0.25, 0.3) is 0 Å². The molecule has 0 aliphatic heterocycles. The van der Waals surface area contributed by atoms with Gasteiger partial charge in [0.05, 0.1) is 0 Å². The van der Waals surface area contributed by atoms with Crippen LogP contribution < -0.4 is 5.73 Å². The Hall–Kier alpha value is -0.160. The lowest BCUT2D eigenvalue weighted by atomic mass is 10.0. The first-order chi connectivity index (χ1) is 7.28. The number of hydrogen-bond donors (Lipinski definition) is 1. The first-order valence-corrected chi connectivity index (χ1v) is 5.32. The van der Waals surface area contributed by atoms with Crippen molar-refractivity contribution in [2.45, 2.75) is 25.1 Å². The third-order valence-corrected chi connectivity index (χ3v) is 2.49. The molecule has 0 heterocycles. The van der Waals surface area contributed by atoms with Crippen molar-refractivity contribution >= 4 is 35.6 Å². The number of hydrogen-bond acceptors (Lipinski definition) is 1. The molecule has 0 aromatic heterocycles. The van der Waals surface area contributed by atoms with Crippen LogP contribution in [0.1, 0.15) is 24.4 Å². The molecule has 1 rings (SSSR count). The molecule has 0 spiro atoms. The smallest absolute Gasteiger partial charge is 0.324 e. The molecule has 0 radical (unpaired) electrons. The largest absolute Gasteiger partial charge is 0.389 e. The second-order valence-corrected chi connectivity index (χ2v) is 4.34. The predicted octanol–water partition coefficient (Wildman–Crippen LogP) is 4.76. The SMILES string of the molecule is Cl.N[C@@H](CCC(F)(F)F)c1cc(Cl)cc(Cl)c1. The van der Waals surface area contributed by atoms with Crippen molar-refractivity contribution in [2.24, 2.45) is 5.73 Å². The Kier molecular flexibility index (Phi) is 6.62. The van der Waals surface area contributed by atoms with Crippen molar-refractivity contribution in [2.75, 3.05) is 0 Å². The zero-order valence-corrected chi connectivity index (χ0v) is 10.9. The molecule has 17 heavy (non-hydrogen) atoms. The second-order valence-electron chi connectivity index (χ2n) is 3.46. The molecule has 0 bridgehead atoms. The fourth-order valence-corrected chi connectivity index (χ4v) is 1.82. The number of benzene rings is 1. The fourth-order valence-electron chi connectivity index (χ4n) is 1.28. The molecule has 0 saturated carbocycles. The average molecular weight is 309 g/mol. The van der Waals surface area contributed by atoms with Crippen LogP contribution in [0.4, 0.5) is 13.2 Å². The van der Waals surface area contributed by atoms with Gasteiger partial charge in [-0.15, -0.1) is 12.4 Å². The standard InChI is InChI=1S/C10H10Cl2F3N.ClH/c11-7-3-6(4-8(12)5-7)9(16)1-2-10(13,14)15;/h3-5,9H,1-2,16H2;1H/t9-;/m0./s1. The molecule has 0 aliphatic rings. The number of rotatable bonds is 3. The number of nitrogens with two attached hydrogens (primary N) is 1. The van der Waals surface area contributed by atoms with Crippen molar-refractivity contribution in [3.8, 4) is 0 Å². The normalized spacial score (nSPS) is 13.1. The van der Waals surface area contributed by atoms with E-state index in [2.05, 4.69) is 0 Å². The first kappa shape index (κ1) is 16.8. The van der Waals surface area contributed by atoms with Crippen LogP contribution in [0.25, 0.3) is 0 Å². The Morgan fingerprint density at radius 2 is 1.59 bits per heavy atom. The Balaban J connectivity index is 0.00000256. The quantitative estimate of drug-likeness (QED) is 0.856. The maximum Gasteiger partial charge on any atom is 0.389 e. The van der Waals surface area contributed by atoms with Gasteiger partial charge in [0.15, 0.2) is 0 Å². The van der Waals surface area contributed by atoms with E-state index in [0.717, 1.165) is 0 Å². The van der Waals surface area contributed by atoms with E-state index < -0.39 is 18.6 Å². The maximum absolute atomic E-state index is 12.0. The molecule has 0 fully saturated rings. The minimum Gasteiger partial charge on any atom is -0.324 e. The molecule has 2 N–H and O–H groups in total. The van der Waals surface area contributed by atoms with Crippen molar-refractivity contribution in [1.82, 2.24) is 0 Å². The van der Waals surface area contributed by atoms with Crippen LogP contribution in [0.2, 0.25) is 10.0 Å². The van der Waals surface area contributed by atoms with Gasteiger partial charge in [0.2, 0.25) is 0 Å². The lowest BCUT2D eigenvalue weighted by molar-refractivity contribution is -0.136. The minimum atomic E-state index is -4.19. The van der Waals surface area contributed by atoms with E-state index in [0.29, 0.717) is 15.6 Å². The number of alkyl halides is 3. The molecule has 7 heteroatoms. The van der Waals surface area contributed by atoms with Crippen molar-refractivity contribution in [3.63, 3.8) is 0 Å². The molecule has 98 valence electrons. The van der Waals surface area contributed by atoms with Crippen LogP contribution in [0.5, 0.6) is 0 Å². The van der Waals surface area contributed by atoms with Crippen LogP contribution in [-0.2, 0) is 0 Å². The van der Waals surface area contributed by atoms with Crippen molar-refractivity contribution < 1.29 is 13.2 Å². The van der Waals surface area contributed by atoms with Gasteiger partial charge in [-0.2, -0.15) is 13.2 Å². The van der Waals surface area contributed by atoms with Gasteiger partial charge >= 0.3 is 6.18 Å². The van der Waals surface area contributed by atoms with Crippen LogP contribution in [0.3, 0.4) is 0 Å². The van der Waals surface area contributed by atoms with E-state index in [-0.39, 0.29) is 18.8 Å². The van der Waals surface area contributed by atoms with Crippen LogP contribution in [0.15, 0.2) is 18.2 Å². The Labute approximate surface area is 113 Å². The monoisotopic (exact) mass is 307 g/mol.